The highest BCUT2D eigenvalue weighted by Gasteiger charge is 2.43. The highest BCUT2D eigenvalue weighted by atomic mass is 16.6. The van der Waals surface area contributed by atoms with Gasteiger partial charge in [0, 0.05) is 31.1 Å². The smallest absolute Gasteiger partial charge is 0.204 e. The third-order valence-corrected chi connectivity index (χ3v) is 4.90. The maximum absolute atomic E-state index is 6.47. The molecule has 1 saturated heterocycles. The number of hydrogen-bond acceptors (Lipinski definition) is 5. The summed E-state index contributed by atoms with van der Waals surface area (Å²) in [5, 5.41) is 0. The molecule has 0 saturated carbocycles. The summed E-state index contributed by atoms with van der Waals surface area (Å²) in [6, 6.07) is 3.98. The molecule has 114 valence electrons. The summed E-state index contributed by atoms with van der Waals surface area (Å²) >= 11 is 0. The fourth-order valence-corrected chi connectivity index (χ4v) is 3.60. The molecular weight excluding hydrogens is 268 g/mol. The Kier molecular flexibility index (Phi) is 3.01. The fraction of sp³-hybridized carbons (Fsp3) is 0.625. The first kappa shape index (κ1) is 13.2. The topological polar surface area (TPSA) is 57.0 Å². The standard InChI is InChI=1S/C16H22N2O3/c1-18-6-4-16(5-7-18)10-12(17)11-2-3-13-15(14(11)21-16)20-9-8-19-13/h2-3,12H,4-10,17H2,1H3. The summed E-state index contributed by atoms with van der Waals surface area (Å²) in [5.41, 5.74) is 7.33. The van der Waals surface area contributed by atoms with Gasteiger partial charge in [-0.3, -0.25) is 0 Å². The predicted octanol–water partition coefficient (Wildman–Crippen LogP) is 1.70. The number of nitrogens with zero attached hydrogens (tertiary/aromatic N) is 1. The van der Waals surface area contributed by atoms with Crippen molar-refractivity contribution < 1.29 is 14.2 Å². The molecule has 5 heteroatoms. The quantitative estimate of drug-likeness (QED) is 0.788. The van der Waals surface area contributed by atoms with Crippen LogP contribution in [0.1, 0.15) is 30.9 Å². The second-order valence-electron chi connectivity index (χ2n) is 6.41. The zero-order valence-electron chi connectivity index (χ0n) is 12.4. The number of ether oxygens (including phenoxy) is 3. The fourth-order valence-electron chi connectivity index (χ4n) is 3.60. The summed E-state index contributed by atoms with van der Waals surface area (Å²) in [6.45, 7) is 3.26. The van der Waals surface area contributed by atoms with Gasteiger partial charge in [0.25, 0.3) is 0 Å². The molecule has 1 aromatic rings. The van der Waals surface area contributed by atoms with Gasteiger partial charge in [-0.1, -0.05) is 0 Å². The van der Waals surface area contributed by atoms with Gasteiger partial charge in [0.05, 0.1) is 0 Å². The third kappa shape index (κ3) is 2.15. The van der Waals surface area contributed by atoms with E-state index >= 15 is 0 Å². The van der Waals surface area contributed by atoms with Crippen LogP contribution < -0.4 is 19.9 Å². The van der Waals surface area contributed by atoms with Crippen molar-refractivity contribution in [1.82, 2.24) is 4.90 Å². The Bertz CT molecular complexity index is 553. The van der Waals surface area contributed by atoms with Crippen molar-refractivity contribution in [2.75, 3.05) is 33.4 Å². The molecule has 1 spiro atoms. The summed E-state index contributed by atoms with van der Waals surface area (Å²) in [6.07, 6.45) is 2.91. The molecule has 1 unspecified atom stereocenters. The van der Waals surface area contributed by atoms with Crippen molar-refractivity contribution in [3.63, 3.8) is 0 Å². The Balaban J connectivity index is 1.72. The van der Waals surface area contributed by atoms with Gasteiger partial charge in [0.1, 0.15) is 18.8 Å². The number of hydrogen-bond donors (Lipinski definition) is 1. The largest absolute Gasteiger partial charge is 0.486 e. The molecule has 0 aliphatic carbocycles. The number of rotatable bonds is 0. The molecule has 1 atom stereocenters. The van der Waals surface area contributed by atoms with E-state index in [1.807, 2.05) is 12.1 Å². The van der Waals surface area contributed by atoms with E-state index in [-0.39, 0.29) is 11.6 Å². The van der Waals surface area contributed by atoms with Crippen molar-refractivity contribution in [3.8, 4) is 17.2 Å². The van der Waals surface area contributed by atoms with E-state index in [0.717, 1.165) is 55.2 Å². The maximum Gasteiger partial charge on any atom is 0.204 e. The van der Waals surface area contributed by atoms with Crippen LogP contribution in [0.5, 0.6) is 17.2 Å². The zero-order valence-corrected chi connectivity index (χ0v) is 12.4. The second-order valence-corrected chi connectivity index (χ2v) is 6.41. The highest BCUT2D eigenvalue weighted by molar-refractivity contribution is 5.58. The molecule has 0 radical (unpaired) electrons. The molecule has 3 aliphatic rings. The number of piperidine rings is 1. The van der Waals surface area contributed by atoms with Crippen LogP contribution in [0.15, 0.2) is 12.1 Å². The molecule has 21 heavy (non-hydrogen) atoms. The lowest BCUT2D eigenvalue weighted by Crippen LogP contribution is -2.50. The minimum absolute atomic E-state index is 0.00739. The first-order valence-corrected chi connectivity index (χ1v) is 7.73. The lowest BCUT2D eigenvalue weighted by Gasteiger charge is -2.46. The van der Waals surface area contributed by atoms with Gasteiger partial charge in [-0.05, 0) is 32.0 Å². The lowest BCUT2D eigenvalue weighted by molar-refractivity contribution is -0.0200. The van der Waals surface area contributed by atoms with Crippen molar-refractivity contribution in [2.45, 2.75) is 30.9 Å². The normalized spacial score (nSPS) is 27.0. The number of nitrogens with two attached hydrogens (primary N) is 1. The van der Waals surface area contributed by atoms with E-state index in [1.54, 1.807) is 0 Å². The Hall–Kier alpha value is -1.46. The Morgan fingerprint density at radius 1 is 1.14 bits per heavy atom. The van der Waals surface area contributed by atoms with E-state index in [4.69, 9.17) is 19.9 Å². The summed E-state index contributed by atoms with van der Waals surface area (Å²) in [5.74, 6) is 2.33. The van der Waals surface area contributed by atoms with Crippen LogP contribution in [0.3, 0.4) is 0 Å². The molecule has 0 bridgehead atoms. The van der Waals surface area contributed by atoms with Crippen LogP contribution in [-0.2, 0) is 0 Å². The first-order valence-electron chi connectivity index (χ1n) is 7.73. The molecule has 1 aromatic carbocycles. The van der Waals surface area contributed by atoms with Gasteiger partial charge in [-0.25, -0.2) is 0 Å². The van der Waals surface area contributed by atoms with Crippen molar-refractivity contribution in [3.05, 3.63) is 17.7 Å². The SMILES string of the molecule is CN1CCC2(CC1)CC(N)c1ccc3c(c1O2)OCCO3. The molecule has 2 N–H and O–H groups in total. The predicted molar refractivity (Wildman–Crippen MR) is 79.1 cm³/mol. The van der Waals surface area contributed by atoms with Crippen LogP contribution in [0.4, 0.5) is 0 Å². The van der Waals surface area contributed by atoms with Crippen LogP contribution >= 0.6 is 0 Å². The van der Waals surface area contributed by atoms with Gasteiger partial charge in [-0.2, -0.15) is 0 Å². The summed E-state index contributed by atoms with van der Waals surface area (Å²) in [7, 11) is 2.16. The number of fused-ring (bicyclic) bond motifs is 3. The van der Waals surface area contributed by atoms with Crippen LogP contribution in [0.25, 0.3) is 0 Å². The third-order valence-electron chi connectivity index (χ3n) is 4.90. The average molecular weight is 290 g/mol. The summed E-state index contributed by atoms with van der Waals surface area (Å²) < 4.78 is 17.9. The Morgan fingerprint density at radius 3 is 2.71 bits per heavy atom. The van der Waals surface area contributed by atoms with Crippen LogP contribution in [0, 0.1) is 0 Å². The number of likely N-dealkylation sites (tertiary alicyclic amines) is 1. The van der Waals surface area contributed by atoms with Gasteiger partial charge in [-0.15, -0.1) is 0 Å². The van der Waals surface area contributed by atoms with Gasteiger partial charge in [0.2, 0.25) is 5.75 Å². The van der Waals surface area contributed by atoms with Crippen molar-refractivity contribution in [1.29, 1.82) is 0 Å². The average Bonchev–Trinajstić information content (AvgIpc) is 2.50. The van der Waals surface area contributed by atoms with Gasteiger partial charge >= 0.3 is 0 Å². The first-order chi connectivity index (χ1) is 10.2. The summed E-state index contributed by atoms with van der Waals surface area (Å²) in [4.78, 5) is 2.34. The van der Waals surface area contributed by atoms with E-state index in [9.17, 15) is 0 Å². The second kappa shape index (κ2) is 4.78. The van der Waals surface area contributed by atoms with E-state index in [2.05, 4.69) is 11.9 Å². The Morgan fingerprint density at radius 2 is 1.90 bits per heavy atom. The number of benzene rings is 1. The van der Waals surface area contributed by atoms with Gasteiger partial charge in [0.15, 0.2) is 11.5 Å². The van der Waals surface area contributed by atoms with Crippen molar-refractivity contribution in [2.24, 2.45) is 5.73 Å². The molecule has 3 heterocycles. The van der Waals surface area contributed by atoms with Crippen LogP contribution in [-0.4, -0.2) is 43.9 Å². The molecule has 5 nitrogen and oxygen atoms in total. The van der Waals surface area contributed by atoms with Crippen molar-refractivity contribution >= 4 is 0 Å². The monoisotopic (exact) mass is 290 g/mol. The van der Waals surface area contributed by atoms with E-state index in [1.165, 1.54) is 0 Å². The van der Waals surface area contributed by atoms with Gasteiger partial charge < -0.3 is 24.8 Å². The van der Waals surface area contributed by atoms with E-state index in [0.29, 0.717) is 13.2 Å². The van der Waals surface area contributed by atoms with Crippen LogP contribution in [0.2, 0.25) is 0 Å². The molecule has 0 amide bonds. The highest BCUT2D eigenvalue weighted by Crippen LogP contribution is 2.51. The minimum Gasteiger partial charge on any atom is -0.486 e. The Labute approximate surface area is 125 Å². The molecule has 3 aliphatic heterocycles. The molecule has 0 aromatic heterocycles. The maximum atomic E-state index is 6.47. The zero-order chi connectivity index (χ0) is 14.4. The molecular formula is C16H22N2O3. The minimum atomic E-state index is -0.144. The molecule has 1 fully saturated rings. The molecule has 4 rings (SSSR count). The van der Waals surface area contributed by atoms with E-state index < -0.39 is 0 Å². The lowest BCUT2D eigenvalue weighted by atomic mass is 9.81.